The zero-order valence-electron chi connectivity index (χ0n) is 12.1. The molecule has 0 radical (unpaired) electrons. The molecule has 0 bridgehead atoms. The largest absolute Gasteiger partial charge is 0.497 e. The van der Waals surface area contributed by atoms with E-state index in [-0.39, 0.29) is 11.9 Å². The van der Waals surface area contributed by atoms with Crippen LogP contribution in [-0.2, 0) is 0 Å². The molecule has 2 rings (SSSR count). The number of rotatable bonds is 5. The van der Waals surface area contributed by atoms with Gasteiger partial charge in [-0.15, -0.1) is 0 Å². The molecular weight excluding hydrogens is 253 g/mol. The summed E-state index contributed by atoms with van der Waals surface area (Å²) in [6, 6.07) is 13.2. The van der Waals surface area contributed by atoms with Gasteiger partial charge in [0.15, 0.2) is 0 Å². The van der Waals surface area contributed by atoms with Crippen molar-refractivity contribution in [2.75, 3.05) is 13.7 Å². The smallest absolute Gasteiger partial charge is 0.126 e. The molecule has 0 aliphatic heterocycles. The van der Waals surface area contributed by atoms with Crippen molar-refractivity contribution in [2.45, 2.75) is 19.9 Å². The van der Waals surface area contributed by atoms with Gasteiger partial charge in [-0.05, 0) is 48.4 Å². The third kappa shape index (κ3) is 3.17. The third-order valence-electron chi connectivity index (χ3n) is 3.35. The topological polar surface area (TPSA) is 21.3 Å². The molecule has 0 aliphatic carbocycles. The predicted molar refractivity (Wildman–Crippen MR) is 79.7 cm³/mol. The molecule has 0 saturated heterocycles. The Morgan fingerprint density at radius 2 is 1.90 bits per heavy atom. The van der Waals surface area contributed by atoms with Crippen molar-refractivity contribution < 1.29 is 9.13 Å². The van der Waals surface area contributed by atoms with Crippen LogP contribution in [0.1, 0.15) is 29.7 Å². The molecule has 1 atom stereocenters. The van der Waals surface area contributed by atoms with E-state index in [9.17, 15) is 4.39 Å². The van der Waals surface area contributed by atoms with Crippen molar-refractivity contribution in [2.24, 2.45) is 0 Å². The summed E-state index contributed by atoms with van der Waals surface area (Å²) in [7, 11) is 1.66. The number of nitrogens with one attached hydrogen (secondary N) is 1. The molecule has 0 fully saturated rings. The van der Waals surface area contributed by atoms with Gasteiger partial charge >= 0.3 is 0 Å². The normalized spacial score (nSPS) is 12.2. The van der Waals surface area contributed by atoms with E-state index in [1.165, 1.54) is 6.07 Å². The second kappa shape index (κ2) is 6.53. The Morgan fingerprint density at radius 1 is 1.15 bits per heavy atom. The van der Waals surface area contributed by atoms with E-state index in [1.54, 1.807) is 14.0 Å². The molecule has 106 valence electrons. The maximum Gasteiger partial charge on any atom is 0.126 e. The van der Waals surface area contributed by atoms with Crippen LogP contribution >= 0.6 is 0 Å². The average molecular weight is 273 g/mol. The van der Waals surface area contributed by atoms with Gasteiger partial charge in [-0.2, -0.15) is 0 Å². The lowest BCUT2D eigenvalue weighted by molar-refractivity contribution is 0.413. The molecule has 20 heavy (non-hydrogen) atoms. The second-order valence-electron chi connectivity index (χ2n) is 4.78. The Labute approximate surface area is 119 Å². The molecular formula is C17H20FNO. The summed E-state index contributed by atoms with van der Waals surface area (Å²) in [5.41, 5.74) is 2.82. The van der Waals surface area contributed by atoms with Crippen molar-refractivity contribution in [3.8, 4) is 5.75 Å². The van der Waals surface area contributed by atoms with Crippen LogP contribution < -0.4 is 10.1 Å². The Balaban J connectivity index is 2.41. The average Bonchev–Trinajstić information content (AvgIpc) is 2.48. The van der Waals surface area contributed by atoms with Gasteiger partial charge in [-0.3, -0.25) is 0 Å². The lowest BCUT2D eigenvalue weighted by Gasteiger charge is -2.20. The van der Waals surface area contributed by atoms with Crippen LogP contribution in [-0.4, -0.2) is 13.7 Å². The molecule has 0 aromatic heterocycles. The zero-order chi connectivity index (χ0) is 14.5. The van der Waals surface area contributed by atoms with E-state index in [2.05, 4.69) is 18.3 Å². The molecule has 2 aromatic rings. The summed E-state index contributed by atoms with van der Waals surface area (Å²) in [6.45, 7) is 4.68. The Kier molecular flexibility index (Phi) is 4.74. The van der Waals surface area contributed by atoms with Gasteiger partial charge in [0.05, 0.1) is 13.2 Å². The van der Waals surface area contributed by atoms with Crippen molar-refractivity contribution >= 4 is 0 Å². The van der Waals surface area contributed by atoms with Gasteiger partial charge in [0.1, 0.15) is 11.6 Å². The predicted octanol–water partition coefficient (Wildman–Crippen LogP) is 3.84. The number of aryl methyl sites for hydroxylation is 1. The lowest BCUT2D eigenvalue weighted by atomic mass is 9.97. The molecule has 1 N–H and O–H groups in total. The molecule has 3 heteroatoms. The molecule has 0 amide bonds. The number of hydrogen-bond acceptors (Lipinski definition) is 2. The second-order valence-corrected chi connectivity index (χ2v) is 4.78. The summed E-state index contributed by atoms with van der Waals surface area (Å²) in [5.74, 6) is 0.652. The van der Waals surface area contributed by atoms with Crippen molar-refractivity contribution in [1.29, 1.82) is 0 Å². The number of halogens is 1. The number of hydrogen-bond donors (Lipinski definition) is 1. The molecule has 0 aliphatic rings. The monoisotopic (exact) mass is 273 g/mol. The van der Waals surface area contributed by atoms with Gasteiger partial charge in [-0.25, -0.2) is 4.39 Å². The minimum atomic E-state index is -0.172. The molecule has 1 unspecified atom stereocenters. The summed E-state index contributed by atoms with van der Waals surface area (Å²) >= 11 is 0. The highest BCUT2D eigenvalue weighted by Gasteiger charge is 2.14. The van der Waals surface area contributed by atoms with Crippen molar-refractivity contribution in [3.05, 3.63) is 65.0 Å². The summed E-state index contributed by atoms with van der Waals surface area (Å²) in [5, 5.41) is 3.44. The van der Waals surface area contributed by atoms with Crippen LogP contribution in [0.15, 0.2) is 42.5 Å². The zero-order valence-corrected chi connectivity index (χ0v) is 12.1. The Hall–Kier alpha value is -1.87. The van der Waals surface area contributed by atoms with E-state index in [1.807, 2.05) is 30.3 Å². The van der Waals surface area contributed by atoms with Crippen LogP contribution in [0.2, 0.25) is 0 Å². The minimum absolute atomic E-state index is 0.0365. The van der Waals surface area contributed by atoms with Crippen LogP contribution in [0.4, 0.5) is 4.39 Å². The van der Waals surface area contributed by atoms with E-state index >= 15 is 0 Å². The van der Waals surface area contributed by atoms with E-state index < -0.39 is 0 Å². The fourth-order valence-electron chi connectivity index (χ4n) is 2.30. The maximum atomic E-state index is 13.4. The molecule has 2 nitrogen and oxygen atoms in total. The van der Waals surface area contributed by atoms with E-state index in [0.29, 0.717) is 5.56 Å². The summed E-state index contributed by atoms with van der Waals surface area (Å²) < 4.78 is 18.7. The van der Waals surface area contributed by atoms with Crippen LogP contribution in [0, 0.1) is 12.7 Å². The van der Waals surface area contributed by atoms with Crippen molar-refractivity contribution in [3.63, 3.8) is 0 Å². The fraction of sp³-hybridized carbons (Fsp3) is 0.294. The van der Waals surface area contributed by atoms with Crippen LogP contribution in [0.3, 0.4) is 0 Å². The van der Waals surface area contributed by atoms with Gasteiger partial charge in [-0.1, -0.05) is 31.2 Å². The van der Waals surface area contributed by atoms with E-state index in [4.69, 9.17) is 4.74 Å². The van der Waals surface area contributed by atoms with Gasteiger partial charge in [0.25, 0.3) is 0 Å². The van der Waals surface area contributed by atoms with Gasteiger partial charge in [0.2, 0.25) is 0 Å². The molecule has 0 spiro atoms. The van der Waals surface area contributed by atoms with Crippen LogP contribution in [0.25, 0.3) is 0 Å². The number of ether oxygens (including phenoxy) is 1. The number of methoxy groups -OCH3 is 1. The quantitative estimate of drug-likeness (QED) is 0.893. The van der Waals surface area contributed by atoms with E-state index in [0.717, 1.165) is 23.4 Å². The SMILES string of the molecule is CCNC(c1cccc(OC)c1)c1ccc(F)c(C)c1. The van der Waals surface area contributed by atoms with Crippen molar-refractivity contribution in [1.82, 2.24) is 5.32 Å². The van der Waals surface area contributed by atoms with Crippen LogP contribution in [0.5, 0.6) is 5.75 Å². The first kappa shape index (κ1) is 14.5. The maximum absolute atomic E-state index is 13.4. The summed E-state index contributed by atoms with van der Waals surface area (Å²) in [4.78, 5) is 0. The molecule has 0 saturated carbocycles. The first-order valence-electron chi connectivity index (χ1n) is 6.79. The van der Waals surface area contributed by atoms with Gasteiger partial charge in [0, 0.05) is 0 Å². The highest BCUT2D eigenvalue weighted by molar-refractivity contribution is 5.38. The molecule has 0 heterocycles. The highest BCUT2D eigenvalue weighted by Crippen LogP contribution is 2.26. The third-order valence-corrected chi connectivity index (χ3v) is 3.35. The molecule has 2 aromatic carbocycles. The standard InChI is InChI=1S/C17H20FNO/c1-4-19-17(13-6-5-7-15(11-13)20-3)14-8-9-16(18)12(2)10-14/h5-11,17,19H,4H2,1-3H3. The minimum Gasteiger partial charge on any atom is -0.497 e. The Morgan fingerprint density at radius 3 is 2.55 bits per heavy atom. The highest BCUT2D eigenvalue weighted by atomic mass is 19.1. The lowest BCUT2D eigenvalue weighted by Crippen LogP contribution is -2.22. The first-order chi connectivity index (χ1) is 9.65. The Bertz CT molecular complexity index is 583. The van der Waals surface area contributed by atoms with Gasteiger partial charge < -0.3 is 10.1 Å². The first-order valence-corrected chi connectivity index (χ1v) is 6.79. The summed E-state index contributed by atoms with van der Waals surface area (Å²) in [6.07, 6.45) is 0. The number of benzene rings is 2. The fourth-order valence-corrected chi connectivity index (χ4v) is 2.30.